The van der Waals surface area contributed by atoms with Crippen molar-refractivity contribution in [2.45, 2.75) is 89.5 Å². The molecule has 0 heterocycles. The average molecular weight is 323 g/mol. The Bertz CT molecular complexity index is 353. The van der Waals surface area contributed by atoms with Gasteiger partial charge in [-0.05, 0) is 58.5 Å². The van der Waals surface area contributed by atoms with Gasteiger partial charge in [-0.3, -0.25) is 4.79 Å². The molecule has 0 spiro atoms. The highest BCUT2D eigenvalue weighted by atomic mass is 16.1. The van der Waals surface area contributed by atoms with Crippen LogP contribution in [0.15, 0.2) is 0 Å². The molecule has 23 heavy (non-hydrogen) atoms. The predicted molar refractivity (Wildman–Crippen MR) is 97.5 cm³/mol. The summed E-state index contributed by atoms with van der Waals surface area (Å²) in [6.07, 6.45) is 15.2. The van der Waals surface area contributed by atoms with E-state index in [1.165, 1.54) is 64.2 Å². The average Bonchev–Trinajstić information content (AvgIpc) is 2.59. The lowest BCUT2D eigenvalue weighted by Crippen LogP contribution is -2.54. The minimum atomic E-state index is 0.201. The number of hydrogen-bond donors (Lipinski definition) is 1. The predicted octanol–water partition coefficient (Wildman–Crippen LogP) is 4.36. The molecule has 0 radical (unpaired) electrons. The molecule has 0 saturated heterocycles. The highest BCUT2D eigenvalue weighted by Gasteiger charge is 2.35. The summed E-state index contributed by atoms with van der Waals surface area (Å²) in [5.41, 5.74) is 0.201. The van der Waals surface area contributed by atoms with Crippen LogP contribution in [0.5, 0.6) is 0 Å². The van der Waals surface area contributed by atoms with Crippen LogP contribution >= 0.6 is 0 Å². The van der Waals surface area contributed by atoms with E-state index in [1.54, 1.807) is 0 Å². The van der Waals surface area contributed by atoms with Crippen molar-refractivity contribution in [2.24, 2.45) is 11.8 Å². The van der Waals surface area contributed by atoms with Gasteiger partial charge in [0.05, 0.1) is 0 Å². The third-order valence-corrected chi connectivity index (χ3v) is 6.51. The molecule has 2 fully saturated rings. The second-order valence-electron chi connectivity index (χ2n) is 8.26. The number of hydrogen-bond acceptors (Lipinski definition) is 2. The molecular formula is C20H38N2O. The van der Waals surface area contributed by atoms with E-state index >= 15 is 0 Å². The van der Waals surface area contributed by atoms with E-state index in [0.717, 1.165) is 25.3 Å². The first kappa shape index (κ1) is 18.8. The maximum atomic E-state index is 12.6. The fraction of sp³-hybridized carbons (Fsp3) is 0.950. The number of amides is 1. The van der Waals surface area contributed by atoms with Crippen LogP contribution in [0.25, 0.3) is 0 Å². The Morgan fingerprint density at radius 2 is 1.74 bits per heavy atom. The lowest BCUT2D eigenvalue weighted by Gasteiger charge is -2.43. The molecule has 2 rings (SSSR count). The van der Waals surface area contributed by atoms with E-state index in [1.807, 2.05) is 0 Å². The molecule has 1 N–H and O–H groups in total. The highest BCUT2D eigenvalue weighted by Crippen LogP contribution is 2.33. The van der Waals surface area contributed by atoms with Crippen LogP contribution in [-0.2, 0) is 4.79 Å². The van der Waals surface area contributed by atoms with Crippen LogP contribution in [0.4, 0.5) is 0 Å². The molecule has 0 aromatic heterocycles. The molecule has 1 amide bonds. The molecule has 0 bridgehead atoms. The Morgan fingerprint density at radius 3 is 2.30 bits per heavy atom. The summed E-state index contributed by atoms with van der Waals surface area (Å²) in [4.78, 5) is 15.0. The van der Waals surface area contributed by atoms with E-state index in [4.69, 9.17) is 0 Å². The van der Waals surface area contributed by atoms with Gasteiger partial charge in [0.15, 0.2) is 0 Å². The topological polar surface area (TPSA) is 32.3 Å². The van der Waals surface area contributed by atoms with Crippen LogP contribution in [0, 0.1) is 11.8 Å². The first-order chi connectivity index (χ1) is 11.1. The minimum Gasteiger partial charge on any atom is -0.354 e. The van der Waals surface area contributed by atoms with Crippen molar-refractivity contribution in [3.63, 3.8) is 0 Å². The summed E-state index contributed by atoms with van der Waals surface area (Å²) in [5.74, 6) is 1.48. The summed E-state index contributed by atoms with van der Waals surface area (Å²) in [5, 5.41) is 3.32. The van der Waals surface area contributed by atoms with Crippen molar-refractivity contribution in [3.05, 3.63) is 0 Å². The van der Waals surface area contributed by atoms with Crippen molar-refractivity contribution < 1.29 is 4.79 Å². The van der Waals surface area contributed by atoms with Gasteiger partial charge in [0.25, 0.3) is 0 Å². The molecule has 0 aliphatic heterocycles. The summed E-state index contributed by atoms with van der Waals surface area (Å²) < 4.78 is 0. The standard InChI is InChI=1S/C20H38N2O/c1-4-5-9-17-10-12-18(13-11-17)19(23)21-16-20(22(2)3)14-7-6-8-15-20/h17-18H,4-16H2,1-3H3,(H,21,23). The lowest BCUT2D eigenvalue weighted by atomic mass is 9.78. The van der Waals surface area contributed by atoms with E-state index in [0.29, 0.717) is 5.91 Å². The van der Waals surface area contributed by atoms with E-state index in [9.17, 15) is 4.79 Å². The van der Waals surface area contributed by atoms with Gasteiger partial charge >= 0.3 is 0 Å². The zero-order valence-electron chi connectivity index (χ0n) is 15.7. The maximum Gasteiger partial charge on any atom is 0.223 e. The monoisotopic (exact) mass is 322 g/mol. The van der Waals surface area contributed by atoms with Crippen molar-refractivity contribution >= 4 is 5.91 Å². The smallest absolute Gasteiger partial charge is 0.223 e. The van der Waals surface area contributed by atoms with Crippen molar-refractivity contribution in [2.75, 3.05) is 20.6 Å². The molecule has 134 valence electrons. The molecule has 0 atom stereocenters. The number of likely N-dealkylation sites (N-methyl/N-ethyl adjacent to an activating group) is 1. The van der Waals surface area contributed by atoms with Gasteiger partial charge in [0.2, 0.25) is 5.91 Å². The summed E-state index contributed by atoms with van der Waals surface area (Å²) in [6.45, 7) is 3.11. The van der Waals surface area contributed by atoms with E-state index in [-0.39, 0.29) is 11.5 Å². The molecule has 2 aliphatic rings. The second kappa shape index (κ2) is 9.05. The first-order valence-corrected chi connectivity index (χ1v) is 10.0. The minimum absolute atomic E-state index is 0.201. The molecule has 3 nitrogen and oxygen atoms in total. The summed E-state index contributed by atoms with van der Waals surface area (Å²) in [6, 6.07) is 0. The zero-order chi connectivity index (χ0) is 16.7. The first-order valence-electron chi connectivity index (χ1n) is 10.0. The van der Waals surface area contributed by atoms with Gasteiger partial charge in [-0.15, -0.1) is 0 Å². The molecule has 2 aliphatic carbocycles. The molecule has 0 aromatic carbocycles. The quantitative estimate of drug-likeness (QED) is 0.755. The fourth-order valence-electron chi connectivity index (χ4n) is 4.59. The molecular weight excluding hydrogens is 284 g/mol. The fourth-order valence-corrected chi connectivity index (χ4v) is 4.59. The summed E-state index contributed by atoms with van der Waals surface area (Å²) >= 11 is 0. The van der Waals surface area contributed by atoms with Gasteiger partial charge in [-0.2, -0.15) is 0 Å². The van der Waals surface area contributed by atoms with Crippen LogP contribution in [-0.4, -0.2) is 37.0 Å². The normalized spacial score (nSPS) is 27.8. The van der Waals surface area contributed by atoms with Gasteiger partial charge in [0, 0.05) is 18.0 Å². The number of rotatable bonds is 7. The molecule has 0 aromatic rings. The van der Waals surface area contributed by atoms with Gasteiger partial charge in [-0.1, -0.05) is 45.4 Å². The van der Waals surface area contributed by atoms with Gasteiger partial charge in [0.1, 0.15) is 0 Å². The van der Waals surface area contributed by atoms with E-state index < -0.39 is 0 Å². The van der Waals surface area contributed by atoms with Gasteiger partial charge in [-0.25, -0.2) is 0 Å². The van der Waals surface area contributed by atoms with Crippen LogP contribution in [0.2, 0.25) is 0 Å². The number of nitrogens with zero attached hydrogens (tertiary/aromatic N) is 1. The number of carbonyl (C=O) groups is 1. The Hall–Kier alpha value is -0.570. The van der Waals surface area contributed by atoms with Crippen LogP contribution in [0.3, 0.4) is 0 Å². The van der Waals surface area contributed by atoms with Crippen molar-refractivity contribution in [1.29, 1.82) is 0 Å². The largest absolute Gasteiger partial charge is 0.354 e. The Morgan fingerprint density at radius 1 is 1.09 bits per heavy atom. The third kappa shape index (κ3) is 5.20. The SMILES string of the molecule is CCCCC1CCC(C(=O)NCC2(N(C)C)CCCCC2)CC1. The Balaban J connectivity index is 1.76. The zero-order valence-corrected chi connectivity index (χ0v) is 15.7. The Labute approximate surface area is 143 Å². The molecule has 0 unspecified atom stereocenters. The number of nitrogens with one attached hydrogen (secondary N) is 1. The molecule has 2 saturated carbocycles. The number of unbranched alkanes of at least 4 members (excludes halogenated alkanes) is 1. The lowest BCUT2D eigenvalue weighted by molar-refractivity contribution is -0.127. The van der Waals surface area contributed by atoms with Gasteiger partial charge < -0.3 is 10.2 Å². The number of carbonyl (C=O) groups excluding carboxylic acids is 1. The summed E-state index contributed by atoms with van der Waals surface area (Å²) in [7, 11) is 4.35. The molecule has 3 heteroatoms. The second-order valence-corrected chi connectivity index (χ2v) is 8.26. The third-order valence-electron chi connectivity index (χ3n) is 6.51. The van der Waals surface area contributed by atoms with Crippen LogP contribution in [0.1, 0.15) is 84.0 Å². The van der Waals surface area contributed by atoms with Crippen molar-refractivity contribution in [1.82, 2.24) is 10.2 Å². The van der Waals surface area contributed by atoms with Crippen LogP contribution < -0.4 is 5.32 Å². The maximum absolute atomic E-state index is 12.6. The van der Waals surface area contributed by atoms with E-state index in [2.05, 4.69) is 31.2 Å². The highest BCUT2D eigenvalue weighted by molar-refractivity contribution is 5.78. The van der Waals surface area contributed by atoms with Crippen molar-refractivity contribution in [3.8, 4) is 0 Å². The Kier molecular flexibility index (Phi) is 7.39.